The zero-order chi connectivity index (χ0) is 19.1. The Morgan fingerprint density at radius 2 is 1.88 bits per heavy atom. The molecule has 0 fully saturated rings. The highest BCUT2D eigenvalue weighted by molar-refractivity contribution is 6.01. The van der Waals surface area contributed by atoms with E-state index in [1.807, 2.05) is 0 Å². The molecule has 2 amide bonds. The molecule has 2 aromatic rings. The van der Waals surface area contributed by atoms with Crippen molar-refractivity contribution in [3.63, 3.8) is 0 Å². The van der Waals surface area contributed by atoms with Crippen molar-refractivity contribution in [2.45, 2.75) is 6.54 Å². The van der Waals surface area contributed by atoms with E-state index in [-0.39, 0.29) is 23.5 Å². The first kappa shape index (κ1) is 18.7. The quantitative estimate of drug-likeness (QED) is 0.423. The Morgan fingerprint density at radius 3 is 2.50 bits per heavy atom. The van der Waals surface area contributed by atoms with E-state index in [4.69, 9.17) is 9.47 Å². The number of anilines is 1. The van der Waals surface area contributed by atoms with Crippen molar-refractivity contribution < 1.29 is 24.0 Å². The van der Waals surface area contributed by atoms with Crippen LogP contribution in [0, 0.1) is 10.1 Å². The molecule has 0 aliphatic carbocycles. The normalized spacial score (nSPS) is 9.92. The third-order valence-electron chi connectivity index (χ3n) is 3.57. The molecule has 9 heteroatoms. The van der Waals surface area contributed by atoms with E-state index in [0.29, 0.717) is 17.9 Å². The van der Waals surface area contributed by atoms with Crippen LogP contribution < -0.4 is 20.1 Å². The number of hydrogen-bond donors (Lipinski definition) is 2. The Bertz CT molecular complexity index is 837. The summed E-state index contributed by atoms with van der Waals surface area (Å²) >= 11 is 0. The van der Waals surface area contributed by atoms with Crippen LogP contribution in [0.5, 0.6) is 11.5 Å². The number of methoxy groups -OCH3 is 2. The highest BCUT2D eigenvalue weighted by Gasteiger charge is 2.17. The maximum absolute atomic E-state index is 12.4. The van der Waals surface area contributed by atoms with Crippen LogP contribution in [0.4, 0.5) is 11.4 Å². The van der Waals surface area contributed by atoms with E-state index in [0.717, 1.165) is 11.6 Å². The van der Waals surface area contributed by atoms with Gasteiger partial charge in [0.05, 0.1) is 30.4 Å². The number of nitro benzene ring substituents is 1. The lowest BCUT2D eigenvalue weighted by molar-refractivity contribution is -0.384. The molecule has 0 aliphatic heterocycles. The number of carbonyl (C=O) groups is 2. The zero-order valence-electron chi connectivity index (χ0n) is 14.1. The lowest BCUT2D eigenvalue weighted by Gasteiger charge is -2.11. The van der Waals surface area contributed by atoms with Crippen LogP contribution in [0.15, 0.2) is 36.4 Å². The van der Waals surface area contributed by atoms with Crippen LogP contribution in [-0.4, -0.2) is 31.5 Å². The average molecular weight is 359 g/mol. The van der Waals surface area contributed by atoms with Gasteiger partial charge in [-0.3, -0.25) is 19.7 Å². The molecule has 26 heavy (non-hydrogen) atoms. The molecule has 0 spiro atoms. The van der Waals surface area contributed by atoms with E-state index in [2.05, 4.69) is 10.6 Å². The molecule has 0 saturated heterocycles. The van der Waals surface area contributed by atoms with Crippen LogP contribution in [0.25, 0.3) is 0 Å². The highest BCUT2D eigenvalue weighted by Crippen LogP contribution is 2.27. The first-order valence-corrected chi connectivity index (χ1v) is 7.48. The second kappa shape index (κ2) is 8.47. The Labute approximate surface area is 149 Å². The van der Waals surface area contributed by atoms with Gasteiger partial charge in [-0.15, -0.1) is 0 Å². The molecular weight excluding hydrogens is 342 g/mol. The van der Waals surface area contributed by atoms with Crippen molar-refractivity contribution in [1.82, 2.24) is 5.32 Å². The molecule has 2 rings (SSSR count). The van der Waals surface area contributed by atoms with Gasteiger partial charge in [-0.05, 0) is 23.8 Å². The smallest absolute Gasteiger partial charge is 0.270 e. The van der Waals surface area contributed by atoms with E-state index in [9.17, 15) is 19.7 Å². The molecule has 0 saturated carbocycles. The van der Waals surface area contributed by atoms with Crippen LogP contribution in [0.1, 0.15) is 15.9 Å². The number of non-ortho nitro benzene ring substituents is 1. The van der Waals surface area contributed by atoms with Gasteiger partial charge in [-0.25, -0.2) is 0 Å². The highest BCUT2D eigenvalue weighted by atomic mass is 16.6. The average Bonchev–Trinajstić information content (AvgIpc) is 2.66. The predicted molar refractivity (Wildman–Crippen MR) is 93.5 cm³/mol. The SMILES string of the molecule is COc1ccc(CNC(=O)c2cc([N+](=O)[O-])ccc2NC=O)cc1OC. The molecule has 0 radical (unpaired) electrons. The van der Waals surface area contributed by atoms with Crippen LogP contribution in [-0.2, 0) is 11.3 Å². The molecule has 0 atom stereocenters. The van der Waals surface area contributed by atoms with E-state index in [1.165, 1.54) is 26.4 Å². The Balaban J connectivity index is 2.20. The summed E-state index contributed by atoms with van der Waals surface area (Å²) in [5.74, 6) is 0.504. The largest absolute Gasteiger partial charge is 0.493 e. The lowest BCUT2D eigenvalue weighted by atomic mass is 10.1. The number of rotatable bonds is 8. The number of nitrogens with one attached hydrogen (secondary N) is 2. The maximum Gasteiger partial charge on any atom is 0.270 e. The lowest BCUT2D eigenvalue weighted by Crippen LogP contribution is -2.24. The zero-order valence-corrected chi connectivity index (χ0v) is 14.1. The summed E-state index contributed by atoms with van der Waals surface area (Å²) in [4.78, 5) is 33.4. The van der Waals surface area contributed by atoms with Crippen molar-refractivity contribution >= 4 is 23.7 Å². The molecule has 0 aromatic heterocycles. The maximum atomic E-state index is 12.4. The van der Waals surface area contributed by atoms with Gasteiger partial charge in [0.15, 0.2) is 11.5 Å². The molecule has 0 heterocycles. The Morgan fingerprint density at radius 1 is 1.15 bits per heavy atom. The van der Waals surface area contributed by atoms with Crippen molar-refractivity contribution in [2.24, 2.45) is 0 Å². The van der Waals surface area contributed by atoms with E-state index >= 15 is 0 Å². The van der Waals surface area contributed by atoms with Crippen LogP contribution in [0.3, 0.4) is 0 Å². The van der Waals surface area contributed by atoms with E-state index < -0.39 is 10.8 Å². The second-order valence-electron chi connectivity index (χ2n) is 5.12. The number of amides is 2. The molecule has 2 N–H and O–H groups in total. The van der Waals surface area contributed by atoms with Crippen LogP contribution in [0.2, 0.25) is 0 Å². The fourth-order valence-corrected chi connectivity index (χ4v) is 2.29. The Kier molecular flexibility index (Phi) is 6.10. The fraction of sp³-hybridized carbons (Fsp3) is 0.176. The van der Waals surface area contributed by atoms with E-state index in [1.54, 1.807) is 18.2 Å². The molecule has 9 nitrogen and oxygen atoms in total. The minimum absolute atomic E-state index is 0.00761. The summed E-state index contributed by atoms with van der Waals surface area (Å²) in [6.07, 6.45) is 0.395. The van der Waals surface area contributed by atoms with Gasteiger partial charge in [0.25, 0.3) is 11.6 Å². The van der Waals surface area contributed by atoms with Crippen molar-refractivity contribution in [1.29, 1.82) is 0 Å². The van der Waals surface area contributed by atoms with Crippen LogP contribution >= 0.6 is 0 Å². The topological polar surface area (TPSA) is 120 Å². The first-order valence-electron chi connectivity index (χ1n) is 7.48. The number of nitrogens with zero attached hydrogens (tertiary/aromatic N) is 1. The van der Waals surface area contributed by atoms with Gasteiger partial charge in [-0.1, -0.05) is 6.07 Å². The summed E-state index contributed by atoms with van der Waals surface area (Å²) in [6, 6.07) is 8.77. The number of benzene rings is 2. The fourth-order valence-electron chi connectivity index (χ4n) is 2.29. The molecular formula is C17H17N3O6. The number of ether oxygens (including phenoxy) is 2. The van der Waals surface area contributed by atoms with Gasteiger partial charge in [0.2, 0.25) is 6.41 Å². The molecule has 0 bridgehead atoms. The van der Waals surface area contributed by atoms with Gasteiger partial charge in [-0.2, -0.15) is 0 Å². The Hall–Kier alpha value is -3.62. The number of carbonyl (C=O) groups excluding carboxylic acids is 2. The summed E-state index contributed by atoms with van der Waals surface area (Å²) < 4.78 is 10.3. The third-order valence-corrected chi connectivity index (χ3v) is 3.57. The van der Waals surface area contributed by atoms with Crippen molar-refractivity contribution in [3.05, 3.63) is 57.6 Å². The molecule has 0 unspecified atom stereocenters. The predicted octanol–water partition coefficient (Wildman–Crippen LogP) is 2.11. The molecule has 2 aromatic carbocycles. The summed E-state index contributed by atoms with van der Waals surface area (Å²) in [5, 5.41) is 15.9. The first-order chi connectivity index (χ1) is 12.5. The second-order valence-corrected chi connectivity index (χ2v) is 5.12. The third kappa shape index (κ3) is 4.26. The van der Waals surface area contributed by atoms with Crippen molar-refractivity contribution in [2.75, 3.05) is 19.5 Å². The van der Waals surface area contributed by atoms with Gasteiger partial charge >= 0.3 is 0 Å². The summed E-state index contributed by atoms with van der Waals surface area (Å²) in [7, 11) is 3.02. The summed E-state index contributed by atoms with van der Waals surface area (Å²) in [5.41, 5.74) is 0.659. The van der Waals surface area contributed by atoms with Crippen molar-refractivity contribution in [3.8, 4) is 11.5 Å². The standard InChI is InChI=1S/C17H17N3O6/c1-25-15-6-3-11(7-16(15)26-2)9-18-17(22)13-8-12(20(23)24)4-5-14(13)19-10-21/h3-8,10H,9H2,1-2H3,(H,18,22)(H,19,21). The monoisotopic (exact) mass is 359 g/mol. The van der Waals surface area contributed by atoms with Gasteiger partial charge in [0.1, 0.15) is 0 Å². The molecule has 0 aliphatic rings. The minimum Gasteiger partial charge on any atom is -0.493 e. The van der Waals surface area contributed by atoms with Gasteiger partial charge < -0.3 is 20.1 Å². The molecule has 136 valence electrons. The summed E-state index contributed by atoms with van der Waals surface area (Å²) in [6.45, 7) is 0.155. The number of hydrogen-bond acceptors (Lipinski definition) is 6. The van der Waals surface area contributed by atoms with Gasteiger partial charge in [0, 0.05) is 18.7 Å². The minimum atomic E-state index is -0.615. The number of nitro groups is 1.